The zero-order valence-electron chi connectivity index (χ0n) is 19.2. The molecule has 4 rings (SSSR count). The van der Waals surface area contributed by atoms with Gasteiger partial charge in [0.05, 0.1) is 12.6 Å². The highest BCUT2D eigenvalue weighted by atomic mass is 32.1. The third-order valence-electron chi connectivity index (χ3n) is 5.99. The normalized spacial score (nSPS) is 15.3. The standard InChI is InChI=1S/C25H29N3O3S2/c1-4-31-25(30)28-14-12-27(13-15-28)22(20-11-8-16-32-20)21-17(2)18(3)33-24(21)26-23(29)19-9-6-5-7-10-19/h5-11,16,22H,4,12-15H2,1-3H3,(H,26,29)/t22-/m1/s1. The van der Waals surface area contributed by atoms with Crippen LogP contribution < -0.4 is 5.32 Å². The second-order valence-electron chi connectivity index (χ2n) is 7.99. The highest BCUT2D eigenvalue weighted by molar-refractivity contribution is 7.16. The Labute approximate surface area is 202 Å². The minimum absolute atomic E-state index is 0.0189. The van der Waals surface area contributed by atoms with E-state index in [0.717, 1.165) is 23.7 Å². The van der Waals surface area contributed by atoms with E-state index in [9.17, 15) is 9.59 Å². The van der Waals surface area contributed by atoms with Gasteiger partial charge in [-0.05, 0) is 49.9 Å². The number of carbonyl (C=O) groups is 2. The molecule has 0 unspecified atom stereocenters. The van der Waals surface area contributed by atoms with Crippen molar-refractivity contribution in [1.82, 2.24) is 9.80 Å². The molecule has 1 N–H and O–H groups in total. The van der Waals surface area contributed by atoms with E-state index >= 15 is 0 Å². The lowest BCUT2D eigenvalue weighted by Crippen LogP contribution is -2.50. The number of rotatable bonds is 6. The Balaban J connectivity index is 1.64. The van der Waals surface area contributed by atoms with Crippen molar-refractivity contribution < 1.29 is 14.3 Å². The Morgan fingerprint density at radius 1 is 1.06 bits per heavy atom. The van der Waals surface area contributed by atoms with Crippen molar-refractivity contribution in [1.29, 1.82) is 0 Å². The highest BCUT2D eigenvalue weighted by Gasteiger charge is 2.33. The Hall–Kier alpha value is -2.68. The van der Waals surface area contributed by atoms with Gasteiger partial charge in [-0.1, -0.05) is 24.3 Å². The number of carbonyl (C=O) groups excluding carboxylic acids is 2. The number of hydrogen-bond acceptors (Lipinski definition) is 6. The summed E-state index contributed by atoms with van der Waals surface area (Å²) in [5, 5.41) is 6.17. The number of hydrogen-bond donors (Lipinski definition) is 1. The number of ether oxygens (including phenoxy) is 1. The first-order valence-electron chi connectivity index (χ1n) is 11.1. The molecule has 0 saturated carbocycles. The number of anilines is 1. The molecule has 1 aromatic carbocycles. The Kier molecular flexibility index (Phi) is 7.47. The first-order valence-corrected chi connectivity index (χ1v) is 12.8. The quantitative estimate of drug-likeness (QED) is 0.500. The van der Waals surface area contributed by atoms with Gasteiger partial charge in [0.1, 0.15) is 5.00 Å². The molecular weight excluding hydrogens is 454 g/mol. The smallest absolute Gasteiger partial charge is 0.409 e. The molecule has 0 spiro atoms. The summed E-state index contributed by atoms with van der Waals surface area (Å²) in [5.41, 5.74) is 2.99. The number of piperazine rings is 1. The molecule has 0 bridgehead atoms. The molecular formula is C25H29N3O3S2. The Bertz CT molecular complexity index is 1090. The van der Waals surface area contributed by atoms with Crippen molar-refractivity contribution in [3.63, 3.8) is 0 Å². The van der Waals surface area contributed by atoms with E-state index in [1.165, 1.54) is 15.3 Å². The number of nitrogens with one attached hydrogen (secondary N) is 1. The average molecular weight is 484 g/mol. The number of thiophene rings is 2. The first-order chi connectivity index (χ1) is 16.0. The molecule has 1 aliphatic rings. The van der Waals surface area contributed by atoms with Gasteiger partial charge < -0.3 is 15.0 Å². The summed E-state index contributed by atoms with van der Waals surface area (Å²) in [7, 11) is 0. The van der Waals surface area contributed by atoms with Crippen LogP contribution in [-0.2, 0) is 4.74 Å². The van der Waals surface area contributed by atoms with E-state index in [2.05, 4.69) is 41.6 Å². The first kappa shape index (κ1) is 23.5. The Morgan fingerprint density at radius 2 is 1.79 bits per heavy atom. The fourth-order valence-corrected chi connectivity index (χ4v) is 6.12. The lowest BCUT2D eigenvalue weighted by Gasteiger charge is -2.39. The van der Waals surface area contributed by atoms with Gasteiger partial charge in [-0.15, -0.1) is 22.7 Å². The van der Waals surface area contributed by atoms with E-state index in [1.807, 2.05) is 37.3 Å². The molecule has 3 aromatic rings. The van der Waals surface area contributed by atoms with Gasteiger partial charge in [0.2, 0.25) is 0 Å². The summed E-state index contributed by atoms with van der Waals surface area (Å²) in [6.45, 7) is 9.16. The maximum absolute atomic E-state index is 13.0. The molecule has 6 nitrogen and oxygen atoms in total. The van der Waals surface area contributed by atoms with Crippen molar-refractivity contribution in [2.45, 2.75) is 26.8 Å². The van der Waals surface area contributed by atoms with Gasteiger partial charge in [-0.25, -0.2) is 4.79 Å². The predicted molar refractivity (Wildman–Crippen MR) is 135 cm³/mol. The van der Waals surface area contributed by atoms with E-state index in [0.29, 0.717) is 25.3 Å². The van der Waals surface area contributed by atoms with Gasteiger partial charge in [0, 0.05) is 47.1 Å². The van der Waals surface area contributed by atoms with Crippen LogP contribution in [0.2, 0.25) is 0 Å². The second kappa shape index (κ2) is 10.5. The van der Waals surface area contributed by atoms with E-state index in [-0.39, 0.29) is 18.0 Å². The van der Waals surface area contributed by atoms with Gasteiger partial charge >= 0.3 is 6.09 Å². The minimum atomic E-state index is -0.247. The number of nitrogens with zero attached hydrogens (tertiary/aromatic N) is 2. The Morgan fingerprint density at radius 3 is 2.42 bits per heavy atom. The van der Waals surface area contributed by atoms with Gasteiger partial charge in [-0.2, -0.15) is 0 Å². The monoisotopic (exact) mass is 483 g/mol. The largest absolute Gasteiger partial charge is 0.450 e. The summed E-state index contributed by atoms with van der Waals surface area (Å²) in [6.07, 6.45) is -0.247. The molecule has 1 aliphatic heterocycles. The maximum Gasteiger partial charge on any atom is 0.409 e. The molecule has 1 atom stereocenters. The fraction of sp³-hybridized carbons (Fsp3) is 0.360. The van der Waals surface area contributed by atoms with Gasteiger partial charge in [-0.3, -0.25) is 9.69 Å². The number of amides is 2. The second-order valence-corrected chi connectivity index (χ2v) is 10.2. The molecule has 33 heavy (non-hydrogen) atoms. The van der Waals surface area contributed by atoms with Crippen LogP contribution in [0.15, 0.2) is 47.8 Å². The van der Waals surface area contributed by atoms with Crippen LogP contribution in [0.5, 0.6) is 0 Å². The highest BCUT2D eigenvalue weighted by Crippen LogP contribution is 2.43. The predicted octanol–water partition coefficient (Wildman–Crippen LogP) is 5.54. The SMILES string of the molecule is CCOC(=O)N1CCN([C@H](c2cccs2)c2c(NC(=O)c3ccccc3)sc(C)c2C)CC1. The van der Waals surface area contributed by atoms with Crippen LogP contribution in [0.3, 0.4) is 0 Å². The molecule has 0 aliphatic carbocycles. The van der Waals surface area contributed by atoms with Crippen molar-refractivity contribution in [2.75, 3.05) is 38.1 Å². The summed E-state index contributed by atoms with van der Waals surface area (Å²) < 4.78 is 5.19. The summed E-state index contributed by atoms with van der Waals surface area (Å²) >= 11 is 3.35. The van der Waals surface area contributed by atoms with Crippen molar-refractivity contribution >= 4 is 39.7 Å². The lowest BCUT2D eigenvalue weighted by atomic mass is 9.99. The van der Waals surface area contributed by atoms with Gasteiger partial charge in [0.25, 0.3) is 5.91 Å². The summed E-state index contributed by atoms with van der Waals surface area (Å²) in [6, 6.07) is 13.5. The van der Waals surface area contributed by atoms with Crippen LogP contribution in [0.1, 0.15) is 44.2 Å². The molecule has 8 heteroatoms. The minimum Gasteiger partial charge on any atom is -0.450 e. The third-order valence-corrected chi connectivity index (χ3v) is 8.05. The van der Waals surface area contributed by atoms with Crippen molar-refractivity contribution in [3.8, 4) is 0 Å². The zero-order valence-corrected chi connectivity index (χ0v) is 20.8. The van der Waals surface area contributed by atoms with Crippen molar-refractivity contribution in [2.24, 2.45) is 0 Å². The maximum atomic E-state index is 13.0. The van der Waals surface area contributed by atoms with E-state index in [1.54, 1.807) is 27.6 Å². The van der Waals surface area contributed by atoms with Crippen LogP contribution >= 0.6 is 22.7 Å². The molecule has 174 valence electrons. The molecule has 1 fully saturated rings. The van der Waals surface area contributed by atoms with Crippen molar-refractivity contribution in [3.05, 3.63) is 74.3 Å². The van der Waals surface area contributed by atoms with Crippen LogP contribution in [0, 0.1) is 13.8 Å². The molecule has 0 radical (unpaired) electrons. The van der Waals surface area contributed by atoms with E-state index in [4.69, 9.17) is 4.74 Å². The topological polar surface area (TPSA) is 61.9 Å². The van der Waals surface area contributed by atoms with Crippen LogP contribution in [0.25, 0.3) is 0 Å². The molecule has 2 aromatic heterocycles. The molecule has 2 amide bonds. The number of benzene rings is 1. The van der Waals surface area contributed by atoms with Crippen LogP contribution in [-0.4, -0.2) is 54.6 Å². The number of aryl methyl sites for hydroxylation is 1. The zero-order chi connectivity index (χ0) is 23.4. The van der Waals surface area contributed by atoms with Gasteiger partial charge in [0.15, 0.2) is 0 Å². The van der Waals surface area contributed by atoms with Crippen LogP contribution in [0.4, 0.5) is 9.80 Å². The lowest BCUT2D eigenvalue weighted by molar-refractivity contribution is 0.0719. The average Bonchev–Trinajstić information content (AvgIpc) is 3.45. The fourth-order valence-electron chi connectivity index (χ4n) is 4.16. The molecule has 3 heterocycles. The summed E-state index contributed by atoms with van der Waals surface area (Å²) in [4.78, 5) is 31.8. The summed E-state index contributed by atoms with van der Waals surface area (Å²) in [5.74, 6) is -0.102. The third kappa shape index (κ3) is 5.13. The van der Waals surface area contributed by atoms with E-state index < -0.39 is 0 Å². The molecule has 1 saturated heterocycles.